The molecule has 2 aromatic heterocycles. The van der Waals surface area contributed by atoms with E-state index in [-0.39, 0.29) is 0 Å². The molecule has 0 aliphatic carbocycles. The number of benzene rings is 8. The van der Waals surface area contributed by atoms with Gasteiger partial charge in [0.25, 0.3) is 0 Å². The Morgan fingerprint density at radius 2 is 0.804 bits per heavy atom. The summed E-state index contributed by atoms with van der Waals surface area (Å²) in [6.07, 6.45) is 0. The van der Waals surface area contributed by atoms with E-state index in [1.54, 1.807) is 0 Å². The maximum absolute atomic E-state index is 6.68. The molecular formula is C51H34N4O. The predicted molar refractivity (Wildman–Crippen MR) is 229 cm³/mol. The zero-order valence-electron chi connectivity index (χ0n) is 30.3. The molecule has 0 aliphatic heterocycles. The van der Waals surface area contributed by atoms with Crippen molar-refractivity contribution in [1.82, 2.24) is 15.0 Å². The van der Waals surface area contributed by atoms with E-state index in [2.05, 4.69) is 126 Å². The minimum atomic E-state index is 0.591. The Balaban J connectivity index is 1.12. The van der Waals surface area contributed by atoms with Gasteiger partial charge in [0.05, 0.1) is 0 Å². The van der Waals surface area contributed by atoms with Crippen molar-refractivity contribution in [2.24, 2.45) is 0 Å². The normalized spacial score (nSPS) is 11.2. The van der Waals surface area contributed by atoms with Gasteiger partial charge in [0.15, 0.2) is 17.5 Å². The molecule has 264 valence electrons. The molecule has 0 spiro atoms. The third kappa shape index (κ3) is 6.27. The standard InChI is InChI=1S/C51H34N4O/c1-5-15-35(16-6-1)37-27-29-41(30-28-37)55(42-24-13-23-40(33-42)36-17-7-2-8-18-36)43-31-32-44-47(34-43)56-46-26-14-25-45(48(44)46)51-53-49(38-19-9-3-10-20-38)52-50(54-51)39-21-11-4-12-22-39/h1-34H. The van der Waals surface area contributed by atoms with Crippen molar-refractivity contribution in [3.8, 4) is 56.4 Å². The van der Waals surface area contributed by atoms with Gasteiger partial charge in [-0.25, -0.2) is 15.0 Å². The molecule has 0 saturated carbocycles. The van der Waals surface area contributed by atoms with Gasteiger partial charge in [0.1, 0.15) is 11.2 Å². The number of aromatic nitrogens is 3. The van der Waals surface area contributed by atoms with Gasteiger partial charge in [-0.2, -0.15) is 0 Å². The van der Waals surface area contributed by atoms with Gasteiger partial charge in [0, 0.05) is 50.6 Å². The van der Waals surface area contributed by atoms with Crippen molar-refractivity contribution in [1.29, 1.82) is 0 Å². The fourth-order valence-corrected chi connectivity index (χ4v) is 7.40. The lowest BCUT2D eigenvalue weighted by Crippen LogP contribution is -2.10. The van der Waals surface area contributed by atoms with Gasteiger partial charge in [-0.1, -0.05) is 158 Å². The zero-order chi connectivity index (χ0) is 37.3. The fraction of sp³-hybridized carbons (Fsp3) is 0. The average molecular weight is 719 g/mol. The molecule has 0 unspecified atom stereocenters. The van der Waals surface area contributed by atoms with Gasteiger partial charge < -0.3 is 9.32 Å². The minimum Gasteiger partial charge on any atom is -0.456 e. The van der Waals surface area contributed by atoms with E-state index in [4.69, 9.17) is 19.4 Å². The predicted octanol–water partition coefficient (Wildman–Crippen LogP) is 13.6. The van der Waals surface area contributed by atoms with Crippen molar-refractivity contribution in [2.45, 2.75) is 0 Å². The summed E-state index contributed by atoms with van der Waals surface area (Å²) in [6, 6.07) is 71.1. The van der Waals surface area contributed by atoms with E-state index in [1.807, 2.05) is 84.9 Å². The van der Waals surface area contributed by atoms with Crippen LogP contribution in [0.1, 0.15) is 0 Å². The second-order valence-corrected chi connectivity index (χ2v) is 13.7. The third-order valence-electron chi connectivity index (χ3n) is 10.1. The van der Waals surface area contributed by atoms with Gasteiger partial charge in [0.2, 0.25) is 0 Å². The van der Waals surface area contributed by atoms with E-state index >= 15 is 0 Å². The van der Waals surface area contributed by atoms with Crippen LogP contribution in [-0.4, -0.2) is 15.0 Å². The quantitative estimate of drug-likeness (QED) is 0.157. The molecule has 5 nitrogen and oxygen atoms in total. The monoisotopic (exact) mass is 718 g/mol. The number of furan rings is 1. The maximum Gasteiger partial charge on any atom is 0.164 e. The molecule has 0 N–H and O–H groups in total. The third-order valence-corrected chi connectivity index (χ3v) is 10.1. The van der Waals surface area contributed by atoms with Gasteiger partial charge >= 0.3 is 0 Å². The number of hydrogen-bond donors (Lipinski definition) is 0. The zero-order valence-corrected chi connectivity index (χ0v) is 30.3. The largest absolute Gasteiger partial charge is 0.456 e. The molecular weight excluding hydrogens is 685 g/mol. The number of nitrogens with zero attached hydrogens (tertiary/aromatic N) is 4. The van der Waals surface area contributed by atoms with E-state index in [1.165, 1.54) is 5.56 Å². The van der Waals surface area contributed by atoms with Crippen LogP contribution < -0.4 is 4.90 Å². The molecule has 56 heavy (non-hydrogen) atoms. The molecule has 0 fully saturated rings. The van der Waals surface area contributed by atoms with E-state index < -0.39 is 0 Å². The van der Waals surface area contributed by atoms with Crippen LogP contribution in [0.5, 0.6) is 0 Å². The van der Waals surface area contributed by atoms with Crippen LogP contribution in [0.3, 0.4) is 0 Å². The van der Waals surface area contributed by atoms with Crippen LogP contribution in [0.2, 0.25) is 0 Å². The highest BCUT2D eigenvalue weighted by molar-refractivity contribution is 6.12. The molecule has 2 heterocycles. The van der Waals surface area contributed by atoms with Gasteiger partial charge in [-0.15, -0.1) is 0 Å². The Labute approximate surface area is 324 Å². The first-order valence-corrected chi connectivity index (χ1v) is 18.7. The Morgan fingerprint density at radius 3 is 1.43 bits per heavy atom. The molecule has 0 bridgehead atoms. The first-order chi connectivity index (χ1) is 27.7. The lowest BCUT2D eigenvalue weighted by molar-refractivity contribution is 0.669. The summed E-state index contributed by atoms with van der Waals surface area (Å²) in [5.41, 5.74) is 12.0. The van der Waals surface area contributed by atoms with Crippen molar-refractivity contribution >= 4 is 39.0 Å². The second kappa shape index (κ2) is 14.3. The molecule has 10 rings (SSSR count). The smallest absolute Gasteiger partial charge is 0.164 e. The lowest BCUT2D eigenvalue weighted by atomic mass is 10.0. The molecule has 5 heteroatoms. The summed E-state index contributed by atoms with van der Waals surface area (Å²) in [5.74, 6) is 1.83. The molecule has 0 aliphatic rings. The highest BCUT2D eigenvalue weighted by atomic mass is 16.3. The van der Waals surface area contributed by atoms with Gasteiger partial charge in [-0.05, 0) is 64.7 Å². The van der Waals surface area contributed by atoms with Crippen molar-refractivity contribution in [3.63, 3.8) is 0 Å². The first-order valence-electron chi connectivity index (χ1n) is 18.7. The summed E-state index contributed by atoms with van der Waals surface area (Å²) < 4.78 is 6.68. The lowest BCUT2D eigenvalue weighted by Gasteiger charge is -2.26. The molecule has 0 amide bonds. The summed E-state index contributed by atoms with van der Waals surface area (Å²) in [5, 5.41) is 1.95. The fourth-order valence-electron chi connectivity index (χ4n) is 7.40. The summed E-state index contributed by atoms with van der Waals surface area (Å²) >= 11 is 0. The van der Waals surface area contributed by atoms with Crippen LogP contribution in [0.25, 0.3) is 78.4 Å². The number of fused-ring (bicyclic) bond motifs is 3. The average Bonchev–Trinajstić information content (AvgIpc) is 3.66. The Morgan fingerprint density at radius 1 is 0.321 bits per heavy atom. The van der Waals surface area contributed by atoms with Crippen LogP contribution in [0.15, 0.2) is 211 Å². The first kappa shape index (κ1) is 33.0. The highest BCUT2D eigenvalue weighted by Gasteiger charge is 2.20. The molecule has 0 atom stereocenters. The summed E-state index contributed by atoms with van der Waals surface area (Å²) in [6.45, 7) is 0. The van der Waals surface area contributed by atoms with Gasteiger partial charge in [-0.3, -0.25) is 0 Å². The van der Waals surface area contributed by atoms with Crippen LogP contribution in [0, 0.1) is 0 Å². The summed E-state index contributed by atoms with van der Waals surface area (Å²) in [7, 11) is 0. The van der Waals surface area contributed by atoms with Crippen LogP contribution >= 0.6 is 0 Å². The van der Waals surface area contributed by atoms with Crippen molar-refractivity contribution in [2.75, 3.05) is 4.90 Å². The van der Waals surface area contributed by atoms with Crippen LogP contribution in [0.4, 0.5) is 17.1 Å². The summed E-state index contributed by atoms with van der Waals surface area (Å²) in [4.78, 5) is 17.3. The Bertz CT molecular complexity index is 2890. The second-order valence-electron chi connectivity index (χ2n) is 13.7. The molecule has 8 aromatic carbocycles. The van der Waals surface area contributed by atoms with E-state index in [9.17, 15) is 0 Å². The molecule has 0 radical (unpaired) electrons. The molecule has 0 saturated heterocycles. The topological polar surface area (TPSA) is 55.1 Å². The van der Waals surface area contributed by atoms with Crippen LogP contribution in [-0.2, 0) is 0 Å². The Kier molecular flexibility index (Phi) is 8.43. The molecule has 10 aromatic rings. The SMILES string of the molecule is c1ccc(-c2ccc(N(c3cccc(-c4ccccc4)c3)c3ccc4c(c3)oc3cccc(-c5nc(-c6ccccc6)nc(-c6ccccc6)n5)c34)cc2)cc1. The number of anilines is 3. The Hall–Kier alpha value is -7.63. The number of rotatable bonds is 8. The highest BCUT2D eigenvalue weighted by Crippen LogP contribution is 2.42. The van der Waals surface area contributed by atoms with Crippen molar-refractivity contribution < 1.29 is 4.42 Å². The minimum absolute atomic E-state index is 0.591. The van der Waals surface area contributed by atoms with Crippen molar-refractivity contribution in [3.05, 3.63) is 206 Å². The van der Waals surface area contributed by atoms with E-state index in [0.717, 1.165) is 72.4 Å². The van der Waals surface area contributed by atoms with E-state index in [0.29, 0.717) is 17.5 Å². The maximum atomic E-state index is 6.68. The number of hydrogen-bond acceptors (Lipinski definition) is 5.